The van der Waals surface area contributed by atoms with Gasteiger partial charge in [-0.3, -0.25) is 0 Å². The Kier molecular flexibility index (Phi) is 5.86. The van der Waals surface area contributed by atoms with Crippen LogP contribution in [0.2, 0.25) is 0 Å². The second-order valence-electron chi connectivity index (χ2n) is 6.65. The van der Waals surface area contributed by atoms with Crippen LogP contribution in [-0.4, -0.2) is 24.1 Å². The summed E-state index contributed by atoms with van der Waals surface area (Å²) < 4.78 is 14.8. The molecule has 0 saturated carbocycles. The molecule has 0 aromatic carbocycles. The lowest BCUT2D eigenvalue weighted by Crippen LogP contribution is -2.41. The van der Waals surface area contributed by atoms with Gasteiger partial charge in [0.25, 0.3) is 0 Å². The van der Waals surface area contributed by atoms with Crippen LogP contribution in [0.25, 0.3) is 0 Å². The minimum absolute atomic E-state index is 0.213. The van der Waals surface area contributed by atoms with E-state index in [0.717, 1.165) is 0 Å². The highest BCUT2D eigenvalue weighted by Crippen LogP contribution is 2.37. The zero-order chi connectivity index (χ0) is 15.5. The zero-order valence-electron chi connectivity index (χ0n) is 13.9. The minimum Gasteiger partial charge on any atom is -0.399 e. The van der Waals surface area contributed by atoms with Gasteiger partial charge in [-0.15, -0.1) is 23.1 Å². The lowest BCUT2D eigenvalue weighted by molar-refractivity contribution is 0.00578. The minimum atomic E-state index is -0.255. The third-order valence-corrected chi connectivity index (χ3v) is 6.75. The van der Waals surface area contributed by atoms with Gasteiger partial charge in [-0.05, 0) is 45.9 Å². The molecular weight excluding hydrogens is 299 g/mol. The fourth-order valence-electron chi connectivity index (χ4n) is 2.20. The van der Waals surface area contributed by atoms with E-state index in [4.69, 9.17) is 9.31 Å². The van der Waals surface area contributed by atoms with Gasteiger partial charge in [-0.2, -0.15) is 0 Å². The Bertz CT molecular complexity index is 441. The van der Waals surface area contributed by atoms with Gasteiger partial charge >= 0.3 is 7.12 Å². The van der Waals surface area contributed by atoms with E-state index in [-0.39, 0.29) is 18.3 Å². The summed E-state index contributed by atoms with van der Waals surface area (Å²) in [5, 5.41) is 0. The van der Waals surface area contributed by atoms with Gasteiger partial charge in [-0.25, -0.2) is 0 Å². The molecule has 0 bridgehead atoms. The molecule has 0 aliphatic carbocycles. The number of unbranched alkanes of at least 4 members (excludes halogenated alkanes) is 3. The molecule has 0 atom stereocenters. The van der Waals surface area contributed by atoms with Crippen molar-refractivity contribution < 1.29 is 9.31 Å². The highest BCUT2D eigenvalue weighted by molar-refractivity contribution is 8.01. The molecule has 1 saturated heterocycles. The Labute approximate surface area is 138 Å². The molecule has 2 rings (SSSR count). The van der Waals surface area contributed by atoms with Crippen LogP contribution in [0.4, 0.5) is 0 Å². The summed E-state index contributed by atoms with van der Waals surface area (Å²) in [4.78, 5) is 0. The van der Waals surface area contributed by atoms with Crippen molar-refractivity contribution in [3.05, 3.63) is 12.1 Å². The predicted octanol–water partition coefficient (Wildman–Crippen LogP) is 4.72. The maximum Gasteiger partial charge on any atom is 0.505 e. The Balaban J connectivity index is 1.86. The Morgan fingerprint density at radius 2 is 1.71 bits per heavy atom. The molecule has 0 amide bonds. The van der Waals surface area contributed by atoms with E-state index in [2.05, 4.69) is 46.8 Å². The van der Waals surface area contributed by atoms with Crippen LogP contribution >= 0.6 is 23.1 Å². The van der Waals surface area contributed by atoms with Crippen molar-refractivity contribution in [1.82, 2.24) is 0 Å². The maximum atomic E-state index is 6.10. The van der Waals surface area contributed by atoms with Crippen molar-refractivity contribution in [3.63, 3.8) is 0 Å². The topological polar surface area (TPSA) is 18.5 Å². The van der Waals surface area contributed by atoms with Gasteiger partial charge in [0.2, 0.25) is 0 Å². The van der Waals surface area contributed by atoms with Crippen molar-refractivity contribution in [2.24, 2.45) is 0 Å². The first-order chi connectivity index (χ1) is 9.86. The number of thioether (sulfide) groups is 1. The van der Waals surface area contributed by atoms with Gasteiger partial charge in [0.05, 0.1) is 15.4 Å². The van der Waals surface area contributed by atoms with Gasteiger partial charge in [0, 0.05) is 4.78 Å². The predicted molar refractivity (Wildman–Crippen MR) is 94.9 cm³/mol. The highest BCUT2D eigenvalue weighted by Gasteiger charge is 2.52. The molecule has 0 spiro atoms. The van der Waals surface area contributed by atoms with E-state index in [1.807, 2.05) is 23.1 Å². The first-order valence-corrected chi connectivity index (χ1v) is 9.74. The van der Waals surface area contributed by atoms with Crippen LogP contribution in [-0.2, 0) is 9.31 Å². The standard InChI is InChI=1S/C16H27BO2S2/c1-6-7-8-9-12-20-14-11-10-13(21-14)17-18-15(2,3)16(4,5)19-17/h10-11H,6-9,12H2,1-5H3. The smallest absolute Gasteiger partial charge is 0.399 e. The van der Waals surface area contributed by atoms with Crippen molar-refractivity contribution in [2.75, 3.05) is 5.75 Å². The summed E-state index contributed by atoms with van der Waals surface area (Å²) in [5.41, 5.74) is -0.510. The monoisotopic (exact) mass is 326 g/mol. The molecule has 0 radical (unpaired) electrons. The number of hydrogen-bond donors (Lipinski definition) is 0. The highest BCUT2D eigenvalue weighted by atomic mass is 32.2. The largest absolute Gasteiger partial charge is 0.505 e. The molecule has 1 aliphatic rings. The Morgan fingerprint density at radius 1 is 1.05 bits per heavy atom. The first kappa shape index (κ1) is 17.4. The van der Waals surface area contributed by atoms with Crippen LogP contribution in [0.5, 0.6) is 0 Å². The van der Waals surface area contributed by atoms with Crippen molar-refractivity contribution >= 4 is 35.0 Å². The molecule has 1 aliphatic heterocycles. The van der Waals surface area contributed by atoms with E-state index in [1.54, 1.807) is 0 Å². The van der Waals surface area contributed by atoms with Crippen LogP contribution in [0.15, 0.2) is 16.3 Å². The summed E-state index contributed by atoms with van der Waals surface area (Å²) in [6.07, 6.45) is 5.31. The fourth-order valence-corrected chi connectivity index (χ4v) is 4.38. The molecule has 2 nitrogen and oxygen atoms in total. The molecule has 0 unspecified atom stereocenters. The van der Waals surface area contributed by atoms with E-state index in [1.165, 1.54) is 40.4 Å². The first-order valence-electron chi connectivity index (χ1n) is 7.94. The van der Waals surface area contributed by atoms with E-state index >= 15 is 0 Å². The molecule has 118 valence electrons. The number of rotatable bonds is 7. The van der Waals surface area contributed by atoms with Gasteiger partial charge in [-0.1, -0.05) is 32.3 Å². The summed E-state index contributed by atoms with van der Waals surface area (Å²) in [5.74, 6) is 1.21. The summed E-state index contributed by atoms with van der Waals surface area (Å²) in [6, 6.07) is 4.36. The molecule has 1 aromatic heterocycles. The Morgan fingerprint density at radius 3 is 2.33 bits per heavy atom. The van der Waals surface area contributed by atoms with E-state index in [0.29, 0.717) is 0 Å². The molecule has 1 fully saturated rings. The summed E-state index contributed by atoms with van der Waals surface area (Å²) >= 11 is 3.77. The quantitative estimate of drug-likeness (QED) is 0.410. The van der Waals surface area contributed by atoms with Gasteiger partial charge < -0.3 is 9.31 Å². The average Bonchev–Trinajstić information content (AvgIpc) is 2.93. The lowest BCUT2D eigenvalue weighted by Gasteiger charge is -2.32. The fraction of sp³-hybridized carbons (Fsp3) is 0.750. The van der Waals surface area contributed by atoms with Crippen molar-refractivity contribution in [2.45, 2.75) is 75.7 Å². The lowest BCUT2D eigenvalue weighted by atomic mass is 9.88. The second-order valence-corrected chi connectivity index (χ2v) is 9.16. The molecular formula is C16H27BO2S2. The average molecular weight is 326 g/mol. The Hall–Kier alpha value is 0.0349. The molecule has 2 heterocycles. The molecule has 5 heteroatoms. The maximum absolute atomic E-state index is 6.10. The molecule has 21 heavy (non-hydrogen) atoms. The van der Waals surface area contributed by atoms with E-state index in [9.17, 15) is 0 Å². The third kappa shape index (κ3) is 4.28. The van der Waals surface area contributed by atoms with Gasteiger partial charge in [0.15, 0.2) is 0 Å². The van der Waals surface area contributed by atoms with Crippen LogP contribution in [0.3, 0.4) is 0 Å². The zero-order valence-corrected chi connectivity index (χ0v) is 15.5. The molecule has 1 aromatic rings. The van der Waals surface area contributed by atoms with Crippen LogP contribution in [0.1, 0.15) is 60.3 Å². The SMILES string of the molecule is CCCCCCSc1ccc(B2OC(C)(C)C(C)(C)O2)s1. The van der Waals surface area contributed by atoms with E-state index < -0.39 is 0 Å². The number of thiophene rings is 1. The van der Waals surface area contributed by atoms with Crippen LogP contribution < -0.4 is 4.78 Å². The summed E-state index contributed by atoms with van der Waals surface area (Å²) in [6.45, 7) is 10.7. The van der Waals surface area contributed by atoms with Crippen LogP contribution in [0, 0.1) is 0 Å². The molecule has 0 N–H and O–H groups in total. The normalized spacial score (nSPS) is 20.1. The van der Waals surface area contributed by atoms with Gasteiger partial charge in [0.1, 0.15) is 0 Å². The van der Waals surface area contributed by atoms with Crippen molar-refractivity contribution in [3.8, 4) is 0 Å². The number of hydrogen-bond acceptors (Lipinski definition) is 4. The third-order valence-electron chi connectivity index (χ3n) is 4.33. The van der Waals surface area contributed by atoms with Crippen molar-refractivity contribution in [1.29, 1.82) is 0 Å². The second kappa shape index (κ2) is 7.07. The summed E-state index contributed by atoms with van der Waals surface area (Å²) in [7, 11) is -0.213.